The summed E-state index contributed by atoms with van der Waals surface area (Å²) >= 11 is 5.36. The van der Waals surface area contributed by atoms with Gasteiger partial charge in [-0.05, 0) is 73.6 Å². The number of benzene rings is 1. The van der Waals surface area contributed by atoms with E-state index in [0.29, 0.717) is 6.04 Å². The van der Waals surface area contributed by atoms with Crippen molar-refractivity contribution in [1.82, 2.24) is 14.5 Å². The first kappa shape index (κ1) is 13.5. The average molecular weight is 340 g/mol. The molecule has 0 atom stereocenters. The second-order valence-electron chi connectivity index (χ2n) is 6.12. The minimum absolute atomic E-state index is 0.101. The van der Waals surface area contributed by atoms with E-state index in [4.69, 9.17) is 0 Å². The molecule has 3 nitrogen and oxygen atoms in total. The normalized spacial score (nSPS) is 16.2. The van der Waals surface area contributed by atoms with E-state index >= 15 is 0 Å². The van der Waals surface area contributed by atoms with Gasteiger partial charge in [-0.3, -0.25) is 9.40 Å². The number of hydrogen-bond donors (Lipinski definition) is 1. The Morgan fingerprint density at radius 1 is 1.37 bits per heavy atom. The van der Waals surface area contributed by atoms with Crippen molar-refractivity contribution in [1.29, 1.82) is 0 Å². The monoisotopic (exact) mass is 339 g/mol. The standard InChI is InChI=1S/C14H18BrN3S/c1-14(2,3)17-19-11-6-9-8-16-18(10-4-5-10)13(9)12(15)7-11/h6-8,10,17H,4-5H2,1-3H3. The van der Waals surface area contributed by atoms with Crippen LogP contribution in [0.5, 0.6) is 0 Å². The molecule has 0 radical (unpaired) electrons. The molecule has 0 amide bonds. The number of halogens is 1. The van der Waals surface area contributed by atoms with Crippen molar-refractivity contribution < 1.29 is 0 Å². The van der Waals surface area contributed by atoms with Crippen LogP contribution in [0.1, 0.15) is 39.7 Å². The lowest BCUT2D eigenvalue weighted by Crippen LogP contribution is -2.29. The van der Waals surface area contributed by atoms with Crippen LogP contribution in [0.15, 0.2) is 27.7 Å². The lowest BCUT2D eigenvalue weighted by atomic mass is 10.1. The topological polar surface area (TPSA) is 29.9 Å². The van der Waals surface area contributed by atoms with Crippen LogP contribution < -0.4 is 4.72 Å². The van der Waals surface area contributed by atoms with Crippen molar-refractivity contribution in [3.8, 4) is 0 Å². The number of fused-ring (bicyclic) bond motifs is 1. The summed E-state index contributed by atoms with van der Waals surface area (Å²) in [4.78, 5) is 1.21. The molecule has 0 unspecified atom stereocenters. The number of rotatable bonds is 3. The second-order valence-corrected chi connectivity index (χ2v) is 7.85. The zero-order valence-corrected chi connectivity index (χ0v) is 13.8. The summed E-state index contributed by atoms with van der Waals surface area (Å²) in [7, 11) is 0. The highest BCUT2D eigenvalue weighted by Crippen LogP contribution is 2.39. The largest absolute Gasteiger partial charge is 0.261 e. The summed E-state index contributed by atoms with van der Waals surface area (Å²) in [5, 5.41) is 5.73. The Morgan fingerprint density at radius 2 is 2.11 bits per heavy atom. The molecule has 102 valence electrons. The van der Waals surface area contributed by atoms with Gasteiger partial charge in [0.1, 0.15) is 0 Å². The molecule has 5 heteroatoms. The molecule has 1 heterocycles. The van der Waals surface area contributed by atoms with Crippen molar-refractivity contribution in [2.45, 2.75) is 50.1 Å². The minimum atomic E-state index is 0.101. The summed E-state index contributed by atoms with van der Waals surface area (Å²) in [6.45, 7) is 6.50. The van der Waals surface area contributed by atoms with Crippen molar-refractivity contribution in [2.24, 2.45) is 0 Å². The number of nitrogens with zero attached hydrogens (tertiary/aromatic N) is 2. The number of aromatic nitrogens is 2. The third-order valence-electron chi connectivity index (χ3n) is 2.98. The van der Waals surface area contributed by atoms with Gasteiger partial charge in [0.05, 0.1) is 17.8 Å². The maximum absolute atomic E-state index is 4.53. The molecule has 1 fully saturated rings. The van der Waals surface area contributed by atoms with E-state index in [9.17, 15) is 0 Å². The van der Waals surface area contributed by atoms with Crippen LogP contribution in [-0.2, 0) is 0 Å². The van der Waals surface area contributed by atoms with Crippen LogP contribution in [0, 0.1) is 0 Å². The molecule has 1 aliphatic rings. The lowest BCUT2D eigenvalue weighted by Gasteiger charge is -2.19. The Balaban J connectivity index is 1.92. The Morgan fingerprint density at radius 3 is 2.74 bits per heavy atom. The highest BCUT2D eigenvalue weighted by molar-refractivity contribution is 9.10. The minimum Gasteiger partial charge on any atom is -0.261 e. The van der Waals surface area contributed by atoms with Gasteiger partial charge in [0.15, 0.2) is 0 Å². The van der Waals surface area contributed by atoms with Crippen molar-refractivity contribution >= 4 is 38.8 Å². The van der Waals surface area contributed by atoms with Gasteiger partial charge in [-0.1, -0.05) is 0 Å². The molecule has 19 heavy (non-hydrogen) atoms. The fraction of sp³-hybridized carbons (Fsp3) is 0.500. The Hall–Kier alpha value is -0.520. The third-order valence-corrected chi connectivity index (χ3v) is 4.77. The van der Waals surface area contributed by atoms with E-state index in [1.165, 1.54) is 28.6 Å². The summed E-state index contributed by atoms with van der Waals surface area (Å²) in [6, 6.07) is 4.99. The molecule has 0 bridgehead atoms. The highest BCUT2D eigenvalue weighted by atomic mass is 79.9. The van der Waals surface area contributed by atoms with Gasteiger partial charge in [0.25, 0.3) is 0 Å². The van der Waals surface area contributed by atoms with E-state index in [1.807, 2.05) is 6.20 Å². The fourth-order valence-corrected chi connectivity index (χ4v) is 3.58. The van der Waals surface area contributed by atoms with Gasteiger partial charge in [-0.2, -0.15) is 5.10 Å². The predicted molar refractivity (Wildman–Crippen MR) is 84.4 cm³/mol. The molecule has 0 saturated heterocycles. The molecule has 0 aliphatic heterocycles. The predicted octanol–water partition coefficient (Wildman–Crippen LogP) is 4.53. The SMILES string of the molecule is CC(C)(C)NSc1cc(Br)c2c(cnn2C2CC2)c1. The zero-order chi connectivity index (χ0) is 13.6. The van der Waals surface area contributed by atoms with Gasteiger partial charge in [0, 0.05) is 20.3 Å². The van der Waals surface area contributed by atoms with E-state index in [1.54, 1.807) is 11.9 Å². The fourth-order valence-electron chi connectivity index (χ4n) is 1.98. The zero-order valence-electron chi connectivity index (χ0n) is 11.4. The lowest BCUT2D eigenvalue weighted by molar-refractivity contribution is 0.535. The van der Waals surface area contributed by atoms with E-state index < -0.39 is 0 Å². The van der Waals surface area contributed by atoms with Gasteiger partial charge in [-0.25, -0.2) is 0 Å². The van der Waals surface area contributed by atoms with Crippen molar-refractivity contribution in [3.63, 3.8) is 0 Å². The Bertz CT molecular complexity index is 611. The first-order valence-corrected chi connectivity index (χ1v) is 8.16. The van der Waals surface area contributed by atoms with Crippen LogP contribution in [0.4, 0.5) is 0 Å². The van der Waals surface area contributed by atoms with Crippen LogP contribution in [0.3, 0.4) is 0 Å². The first-order valence-electron chi connectivity index (χ1n) is 6.55. The maximum atomic E-state index is 4.53. The van der Waals surface area contributed by atoms with E-state index in [2.05, 4.69) is 63.3 Å². The Kier molecular flexibility index (Phi) is 3.39. The van der Waals surface area contributed by atoms with Gasteiger partial charge >= 0.3 is 0 Å². The van der Waals surface area contributed by atoms with Crippen molar-refractivity contribution in [2.75, 3.05) is 0 Å². The van der Waals surface area contributed by atoms with Crippen LogP contribution >= 0.6 is 27.9 Å². The smallest absolute Gasteiger partial charge is 0.0828 e. The molecule has 1 aromatic carbocycles. The van der Waals surface area contributed by atoms with Gasteiger partial charge < -0.3 is 0 Å². The molecular weight excluding hydrogens is 322 g/mol. The van der Waals surface area contributed by atoms with E-state index in [0.717, 1.165) is 4.47 Å². The van der Waals surface area contributed by atoms with Crippen LogP contribution in [-0.4, -0.2) is 15.3 Å². The molecule has 0 spiro atoms. The maximum Gasteiger partial charge on any atom is 0.0828 e. The van der Waals surface area contributed by atoms with Crippen LogP contribution in [0.2, 0.25) is 0 Å². The number of nitrogens with one attached hydrogen (secondary N) is 1. The molecule has 1 saturated carbocycles. The van der Waals surface area contributed by atoms with Crippen molar-refractivity contribution in [3.05, 3.63) is 22.8 Å². The highest BCUT2D eigenvalue weighted by Gasteiger charge is 2.26. The average Bonchev–Trinajstić information content (AvgIpc) is 3.06. The Labute approximate surface area is 126 Å². The molecule has 3 rings (SSSR count). The first-order chi connectivity index (χ1) is 8.94. The molecular formula is C14H18BrN3S. The van der Waals surface area contributed by atoms with E-state index in [-0.39, 0.29) is 5.54 Å². The van der Waals surface area contributed by atoms with Crippen LogP contribution in [0.25, 0.3) is 10.9 Å². The van der Waals surface area contributed by atoms with Gasteiger partial charge in [0.2, 0.25) is 0 Å². The molecule has 1 aliphatic carbocycles. The molecule has 1 aromatic heterocycles. The summed E-state index contributed by atoms with van der Waals surface area (Å²) in [6.07, 6.45) is 4.48. The quantitative estimate of drug-likeness (QED) is 0.833. The van der Waals surface area contributed by atoms with Gasteiger partial charge in [-0.15, -0.1) is 0 Å². The third kappa shape index (κ3) is 2.98. The molecule has 1 N–H and O–H groups in total. The summed E-state index contributed by atoms with van der Waals surface area (Å²) in [5.41, 5.74) is 1.33. The second kappa shape index (κ2) is 4.79. The molecule has 2 aromatic rings. The number of hydrogen-bond acceptors (Lipinski definition) is 3. The summed E-state index contributed by atoms with van der Waals surface area (Å²) in [5.74, 6) is 0. The summed E-state index contributed by atoms with van der Waals surface area (Å²) < 4.78 is 6.73.